The van der Waals surface area contributed by atoms with Crippen molar-refractivity contribution in [3.63, 3.8) is 0 Å². The minimum Gasteiger partial charge on any atom is -0.480 e. The van der Waals surface area contributed by atoms with Crippen LogP contribution in [0.5, 0.6) is 5.88 Å². The van der Waals surface area contributed by atoms with Crippen molar-refractivity contribution in [2.75, 3.05) is 14.2 Å². The van der Waals surface area contributed by atoms with E-state index in [1.165, 1.54) is 29.2 Å². The maximum absolute atomic E-state index is 14.1. The largest absolute Gasteiger partial charge is 0.480 e. The first kappa shape index (κ1) is 30.3. The van der Waals surface area contributed by atoms with Gasteiger partial charge in [-0.1, -0.05) is 24.3 Å². The van der Waals surface area contributed by atoms with E-state index in [9.17, 15) is 18.0 Å². The summed E-state index contributed by atoms with van der Waals surface area (Å²) in [5, 5.41) is 1.80. The first-order valence-electron chi connectivity index (χ1n) is 15.0. The third-order valence-electron chi connectivity index (χ3n) is 8.38. The molecule has 2 fully saturated rings. The molecule has 4 aromatic heterocycles. The minimum absolute atomic E-state index is 0.00520. The molecule has 4 heterocycles. The maximum atomic E-state index is 14.1. The van der Waals surface area contributed by atoms with Gasteiger partial charge < -0.3 is 20.0 Å². The van der Waals surface area contributed by atoms with E-state index in [-0.39, 0.29) is 29.9 Å². The van der Waals surface area contributed by atoms with Gasteiger partial charge >= 0.3 is 6.18 Å². The predicted molar refractivity (Wildman–Crippen MR) is 168 cm³/mol. The van der Waals surface area contributed by atoms with Gasteiger partial charge in [-0.15, -0.1) is 0 Å². The average molecular weight is 645 g/mol. The first-order chi connectivity index (χ1) is 22.6. The summed E-state index contributed by atoms with van der Waals surface area (Å²) in [6.07, 6.45) is 4.40. The van der Waals surface area contributed by atoms with Crippen molar-refractivity contribution in [2.45, 2.75) is 50.4 Å². The second-order valence-electron chi connectivity index (χ2n) is 11.8. The number of hydrazine groups is 1. The molecule has 4 N–H and O–H groups in total. The van der Waals surface area contributed by atoms with Gasteiger partial charge in [0.15, 0.2) is 11.5 Å². The molecule has 2 saturated carbocycles. The summed E-state index contributed by atoms with van der Waals surface area (Å²) in [5.74, 6) is 7.15. The van der Waals surface area contributed by atoms with Crippen LogP contribution in [-0.4, -0.2) is 53.2 Å². The van der Waals surface area contributed by atoms with Gasteiger partial charge in [-0.25, -0.2) is 30.8 Å². The van der Waals surface area contributed by atoms with Crippen LogP contribution in [0.3, 0.4) is 0 Å². The monoisotopic (exact) mass is 644 g/mol. The second-order valence-corrected chi connectivity index (χ2v) is 11.8. The Hall–Kier alpha value is -5.31. The van der Waals surface area contributed by atoms with Crippen LogP contribution in [0.1, 0.15) is 60.2 Å². The Balaban J connectivity index is 1.34. The highest BCUT2D eigenvalue weighted by molar-refractivity contribution is 5.82. The van der Waals surface area contributed by atoms with Crippen LogP contribution in [0.15, 0.2) is 60.0 Å². The highest BCUT2D eigenvalue weighted by Gasteiger charge is 2.37. The van der Waals surface area contributed by atoms with Gasteiger partial charge in [0.05, 0.1) is 30.6 Å². The van der Waals surface area contributed by atoms with Gasteiger partial charge in [0.2, 0.25) is 5.88 Å². The second kappa shape index (κ2) is 11.5. The van der Waals surface area contributed by atoms with Gasteiger partial charge in [0, 0.05) is 48.6 Å². The molecule has 0 amide bonds. The van der Waals surface area contributed by atoms with Gasteiger partial charge in [-0.05, 0) is 37.3 Å². The Kier molecular flexibility index (Phi) is 7.42. The average Bonchev–Trinajstić information content (AvgIpc) is 4.00. The van der Waals surface area contributed by atoms with Crippen LogP contribution in [0.2, 0.25) is 0 Å². The number of aromatic nitrogens is 7. The van der Waals surface area contributed by atoms with Gasteiger partial charge in [0.25, 0.3) is 5.56 Å². The molecular weight excluding hydrogens is 613 g/mol. The Bertz CT molecular complexity index is 2080. The highest BCUT2D eigenvalue weighted by Crippen LogP contribution is 2.45. The van der Waals surface area contributed by atoms with Crippen molar-refractivity contribution < 1.29 is 17.9 Å². The Morgan fingerprint density at radius 3 is 2.47 bits per heavy atom. The SMILES string of the molecule is COc1ncnc(C2CC2)c1-c1ncc2cc(/C(=C/N)N(C)N)c(=O)n(Cc3ccc(-c4nc(C(F)(F)F)cn4C4CC4)cc3)c2n1. The van der Waals surface area contributed by atoms with Crippen LogP contribution in [0, 0.1) is 0 Å². The lowest BCUT2D eigenvalue weighted by molar-refractivity contribution is -0.140. The summed E-state index contributed by atoms with van der Waals surface area (Å²) in [5.41, 5.74) is 8.02. The number of fused-ring (bicyclic) bond motifs is 1. The summed E-state index contributed by atoms with van der Waals surface area (Å²) in [6.45, 7) is 0.0782. The van der Waals surface area contributed by atoms with E-state index < -0.39 is 17.4 Å². The fourth-order valence-corrected chi connectivity index (χ4v) is 5.74. The van der Waals surface area contributed by atoms with E-state index in [4.69, 9.17) is 21.3 Å². The molecule has 0 bridgehead atoms. The molecule has 15 heteroatoms. The third kappa shape index (κ3) is 5.67. The van der Waals surface area contributed by atoms with Crippen molar-refractivity contribution in [1.82, 2.24) is 39.1 Å². The van der Waals surface area contributed by atoms with E-state index in [0.29, 0.717) is 45.1 Å². The van der Waals surface area contributed by atoms with Crippen LogP contribution in [0.25, 0.3) is 39.5 Å². The number of hydrogen-bond acceptors (Lipinski definition) is 10. The van der Waals surface area contributed by atoms with Crippen molar-refractivity contribution in [2.24, 2.45) is 11.6 Å². The molecule has 0 spiro atoms. The summed E-state index contributed by atoms with van der Waals surface area (Å²) >= 11 is 0. The smallest absolute Gasteiger partial charge is 0.434 e. The molecule has 242 valence electrons. The summed E-state index contributed by atoms with van der Waals surface area (Å²) in [6, 6.07) is 8.57. The van der Waals surface area contributed by atoms with E-state index in [1.54, 1.807) is 48.1 Å². The number of ether oxygens (including phenoxy) is 1. The van der Waals surface area contributed by atoms with Gasteiger partial charge in [0.1, 0.15) is 23.4 Å². The highest BCUT2D eigenvalue weighted by atomic mass is 19.4. The molecule has 0 atom stereocenters. The number of nitrogens with two attached hydrogens (primary N) is 2. The Labute approximate surface area is 266 Å². The molecular formula is C32H31F3N10O2. The van der Waals surface area contributed by atoms with E-state index >= 15 is 0 Å². The minimum atomic E-state index is -4.55. The standard InChI is InChI=1S/C32H31F3N10O2/c1-43(37)23(12-36)22-11-20-13-38-27(25-26(18-7-8-18)39-16-40-30(25)47-2)42-29(20)45(31(22)46)14-17-3-5-19(6-4-17)28-41-24(32(33,34)35)15-44(28)21-9-10-21/h3-6,11-13,15-16,18,21H,7-10,14,36-37H2,1-2H3/b23-12-. The Morgan fingerprint density at radius 1 is 1.11 bits per heavy atom. The normalized spacial score (nSPS) is 15.3. The predicted octanol–water partition coefficient (Wildman–Crippen LogP) is 4.46. The quantitative estimate of drug-likeness (QED) is 0.174. The molecule has 0 saturated heterocycles. The van der Waals surface area contributed by atoms with Crippen molar-refractivity contribution in [3.8, 4) is 28.7 Å². The molecule has 12 nitrogen and oxygen atoms in total. The molecule has 5 aromatic rings. The molecule has 0 radical (unpaired) electrons. The van der Waals surface area contributed by atoms with Crippen LogP contribution in [-0.2, 0) is 12.7 Å². The number of hydrogen-bond donors (Lipinski definition) is 2. The van der Waals surface area contributed by atoms with Crippen molar-refractivity contribution in [1.29, 1.82) is 0 Å². The lowest BCUT2D eigenvalue weighted by Crippen LogP contribution is -2.32. The number of rotatable bonds is 9. The number of methoxy groups -OCH3 is 1. The lowest BCUT2D eigenvalue weighted by atomic mass is 10.1. The van der Waals surface area contributed by atoms with Crippen LogP contribution < -0.4 is 21.9 Å². The fraction of sp³-hybridized carbons (Fsp3) is 0.312. The van der Waals surface area contributed by atoms with Gasteiger partial charge in [-0.3, -0.25) is 9.36 Å². The van der Waals surface area contributed by atoms with Crippen LogP contribution >= 0.6 is 0 Å². The number of benzene rings is 1. The molecule has 7 rings (SSSR count). The molecule has 47 heavy (non-hydrogen) atoms. The molecule has 2 aliphatic rings. The number of imidazole rings is 1. The topological polar surface area (TPSA) is 156 Å². The first-order valence-corrected chi connectivity index (χ1v) is 15.0. The molecule has 0 aliphatic heterocycles. The summed E-state index contributed by atoms with van der Waals surface area (Å²) in [7, 11) is 3.09. The number of pyridine rings is 1. The zero-order chi connectivity index (χ0) is 33.0. The zero-order valence-electron chi connectivity index (χ0n) is 25.6. The Morgan fingerprint density at radius 2 is 1.85 bits per heavy atom. The van der Waals surface area contributed by atoms with Crippen LogP contribution in [0.4, 0.5) is 13.2 Å². The fourth-order valence-electron chi connectivity index (χ4n) is 5.74. The van der Waals surface area contributed by atoms with E-state index in [2.05, 4.69) is 19.9 Å². The van der Waals surface area contributed by atoms with Crippen molar-refractivity contribution >= 4 is 16.7 Å². The molecule has 0 unspecified atom stereocenters. The lowest BCUT2D eigenvalue weighted by Gasteiger charge is -2.19. The van der Waals surface area contributed by atoms with Gasteiger partial charge in [-0.2, -0.15) is 13.2 Å². The summed E-state index contributed by atoms with van der Waals surface area (Å²) in [4.78, 5) is 36.3. The van der Waals surface area contributed by atoms with E-state index in [0.717, 1.165) is 37.6 Å². The van der Waals surface area contributed by atoms with E-state index in [1.807, 2.05) is 0 Å². The third-order valence-corrected chi connectivity index (χ3v) is 8.38. The summed E-state index contributed by atoms with van der Waals surface area (Å²) < 4.78 is 49.2. The number of halogens is 3. The zero-order valence-corrected chi connectivity index (χ0v) is 25.6. The van der Waals surface area contributed by atoms with Crippen molar-refractivity contribution in [3.05, 3.63) is 88.1 Å². The molecule has 1 aromatic carbocycles. The maximum Gasteiger partial charge on any atom is 0.434 e. The number of nitrogens with zero attached hydrogens (tertiary/aromatic N) is 8. The molecule has 2 aliphatic carbocycles. The number of alkyl halides is 3.